The van der Waals surface area contributed by atoms with Crippen LogP contribution in [0.3, 0.4) is 0 Å². The molecule has 0 fully saturated rings. The van der Waals surface area contributed by atoms with Crippen molar-refractivity contribution in [3.8, 4) is 0 Å². The molecule has 17 heavy (non-hydrogen) atoms. The van der Waals surface area contributed by atoms with Crippen molar-refractivity contribution in [3.63, 3.8) is 0 Å². The smallest absolute Gasteiger partial charge is 0.212 e. The summed E-state index contributed by atoms with van der Waals surface area (Å²) in [6.07, 6.45) is 1.50. The van der Waals surface area contributed by atoms with Crippen LogP contribution in [0.2, 0.25) is 0 Å². The summed E-state index contributed by atoms with van der Waals surface area (Å²) in [5, 5.41) is 3.28. The predicted molar refractivity (Wildman–Crippen MR) is 67.4 cm³/mol. The van der Waals surface area contributed by atoms with E-state index in [1.165, 1.54) is 23.4 Å². The van der Waals surface area contributed by atoms with E-state index in [0.29, 0.717) is 0 Å². The molecular formula is C14H15FN2. The lowest BCUT2D eigenvalue weighted by Gasteiger charge is -2.15. The molecule has 0 saturated carbocycles. The molecule has 2 aromatic rings. The Kier molecular flexibility index (Phi) is 3.38. The first-order valence-electron chi connectivity index (χ1n) is 5.60. The second-order valence-corrected chi connectivity index (χ2v) is 4.15. The molecule has 1 aromatic heterocycles. The van der Waals surface area contributed by atoms with Crippen molar-refractivity contribution in [1.82, 2.24) is 4.98 Å². The van der Waals surface area contributed by atoms with Crippen LogP contribution < -0.4 is 5.32 Å². The van der Waals surface area contributed by atoms with Gasteiger partial charge in [0.2, 0.25) is 5.95 Å². The van der Waals surface area contributed by atoms with Gasteiger partial charge in [-0.15, -0.1) is 0 Å². The van der Waals surface area contributed by atoms with Crippen LogP contribution in [0.1, 0.15) is 24.1 Å². The molecule has 0 amide bonds. The van der Waals surface area contributed by atoms with Crippen LogP contribution >= 0.6 is 0 Å². The molecule has 0 radical (unpaired) electrons. The number of aromatic nitrogens is 1. The number of benzene rings is 1. The van der Waals surface area contributed by atoms with Crippen molar-refractivity contribution in [1.29, 1.82) is 0 Å². The molecule has 1 heterocycles. The van der Waals surface area contributed by atoms with Crippen LogP contribution in [0, 0.1) is 12.9 Å². The molecule has 2 rings (SSSR count). The summed E-state index contributed by atoms with van der Waals surface area (Å²) in [7, 11) is 0. The Morgan fingerprint density at radius 2 is 2.06 bits per heavy atom. The van der Waals surface area contributed by atoms with E-state index in [2.05, 4.69) is 42.3 Å². The number of anilines is 1. The highest BCUT2D eigenvalue weighted by Crippen LogP contribution is 2.19. The van der Waals surface area contributed by atoms with Crippen molar-refractivity contribution in [2.75, 3.05) is 5.32 Å². The molecule has 0 bridgehead atoms. The zero-order chi connectivity index (χ0) is 12.3. The van der Waals surface area contributed by atoms with Gasteiger partial charge in [-0.3, -0.25) is 0 Å². The number of nitrogens with one attached hydrogen (secondary N) is 1. The third kappa shape index (κ3) is 3.03. The number of pyridine rings is 1. The highest BCUT2D eigenvalue weighted by Gasteiger charge is 2.05. The Bertz CT molecular complexity index is 494. The Morgan fingerprint density at radius 3 is 2.71 bits per heavy atom. The van der Waals surface area contributed by atoms with Gasteiger partial charge in [-0.05, 0) is 31.5 Å². The van der Waals surface area contributed by atoms with Gasteiger partial charge in [0.15, 0.2) is 0 Å². The lowest BCUT2D eigenvalue weighted by molar-refractivity contribution is 0.584. The van der Waals surface area contributed by atoms with E-state index >= 15 is 0 Å². The molecule has 0 aliphatic carbocycles. The first-order chi connectivity index (χ1) is 8.15. The zero-order valence-electron chi connectivity index (χ0n) is 9.94. The Balaban J connectivity index is 2.11. The van der Waals surface area contributed by atoms with Crippen LogP contribution in [0.15, 0.2) is 42.6 Å². The quantitative estimate of drug-likeness (QED) is 0.813. The molecule has 1 atom stereocenters. The average Bonchev–Trinajstić information content (AvgIpc) is 2.32. The zero-order valence-corrected chi connectivity index (χ0v) is 9.94. The van der Waals surface area contributed by atoms with Crippen LogP contribution in [0.25, 0.3) is 0 Å². The third-order valence-electron chi connectivity index (χ3n) is 2.65. The van der Waals surface area contributed by atoms with E-state index < -0.39 is 5.95 Å². The van der Waals surface area contributed by atoms with E-state index in [4.69, 9.17) is 0 Å². The van der Waals surface area contributed by atoms with Gasteiger partial charge in [0, 0.05) is 6.04 Å². The minimum atomic E-state index is -0.459. The maximum atomic E-state index is 12.7. The fourth-order valence-corrected chi connectivity index (χ4v) is 1.73. The maximum Gasteiger partial charge on any atom is 0.212 e. The van der Waals surface area contributed by atoms with Gasteiger partial charge in [-0.25, -0.2) is 4.98 Å². The van der Waals surface area contributed by atoms with Gasteiger partial charge < -0.3 is 5.32 Å². The predicted octanol–water partition coefficient (Wildman–Crippen LogP) is 3.70. The van der Waals surface area contributed by atoms with Crippen LogP contribution in [-0.2, 0) is 0 Å². The monoisotopic (exact) mass is 230 g/mol. The number of nitrogens with zero attached hydrogens (tertiary/aromatic N) is 1. The standard InChI is InChI=1S/C14H15FN2/c1-10-4-3-5-12(8-10)11(2)17-13-6-7-14(15)16-9-13/h3-9,11,17H,1-2H3. The van der Waals surface area contributed by atoms with Crippen LogP contribution in [0.4, 0.5) is 10.1 Å². The van der Waals surface area contributed by atoms with E-state index in [0.717, 1.165) is 5.69 Å². The number of hydrogen-bond donors (Lipinski definition) is 1. The molecule has 1 aromatic carbocycles. The van der Waals surface area contributed by atoms with Gasteiger partial charge in [0.25, 0.3) is 0 Å². The molecule has 3 heteroatoms. The average molecular weight is 230 g/mol. The Morgan fingerprint density at radius 1 is 1.24 bits per heavy atom. The van der Waals surface area contributed by atoms with E-state index in [-0.39, 0.29) is 6.04 Å². The normalized spacial score (nSPS) is 12.2. The summed E-state index contributed by atoms with van der Waals surface area (Å²) >= 11 is 0. The fraction of sp³-hybridized carbons (Fsp3) is 0.214. The molecule has 0 spiro atoms. The molecule has 0 aliphatic rings. The third-order valence-corrected chi connectivity index (χ3v) is 2.65. The molecule has 1 unspecified atom stereocenters. The van der Waals surface area contributed by atoms with E-state index in [1.54, 1.807) is 6.07 Å². The number of aryl methyl sites for hydroxylation is 1. The fourth-order valence-electron chi connectivity index (χ4n) is 1.73. The largest absolute Gasteiger partial charge is 0.377 e. The second kappa shape index (κ2) is 4.95. The van der Waals surface area contributed by atoms with Gasteiger partial charge >= 0.3 is 0 Å². The summed E-state index contributed by atoms with van der Waals surface area (Å²) in [4.78, 5) is 3.61. The lowest BCUT2D eigenvalue weighted by atomic mass is 10.1. The highest BCUT2D eigenvalue weighted by atomic mass is 19.1. The topological polar surface area (TPSA) is 24.9 Å². The lowest BCUT2D eigenvalue weighted by Crippen LogP contribution is -2.07. The first-order valence-corrected chi connectivity index (χ1v) is 5.60. The summed E-state index contributed by atoms with van der Waals surface area (Å²) in [5.41, 5.74) is 3.25. The minimum absolute atomic E-state index is 0.169. The van der Waals surface area contributed by atoms with Gasteiger partial charge in [-0.1, -0.05) is 29.8 Å². The Labute approximate surface area is 101 Å². The van der Waals surface area contributed by atoms with Crippen molar-refractivity contribution in [2.45, 2.75) is 19.9 Å². The molecule has 2 nitrogen and oxygen atoms in total. The van der Waals surface area contributed by atoms with Crippen molar-refractivity contribution in [3.05, 3.63) is 59.7 Å². The maximum absolute atomic E-state index is 12.7. The molecule has 88 valence electrons. The van der Waals surface area contributed by atoms with Crippen molar-refractivity contribution >= 4 is 5.69 Å². The van der Waals surface area contributed by atoms with E-state index in [1.807, 2.05) is 6.07 Å². The number of hydrogen-bond acceptors (Lipinski definition) is 2. The number of rotatable bonds is 3. The van der Waals surface area contributed by atoms with Crippen LogP contribution in [-0.4, -0.2) is 4.98 Å². The molecule has 1 N–H and O–H groups in total. The second-order valence-electron chi connectivity index (χ2n) is 4.15. The highest BCUT2D eigenvalue weighted by molar-refractivity contribution is 5.43. The van der Waals surface area contributed by atoms with Gasteiger partial charge in [0.05, 0.1) is 11.9 Å². The molecule has 0 aliphatic heterocycles. The van der Waals surface area contributed by atoms with Crippen molar-refractivity contribution in [2.24, 2.45) is 0 Å². The van der Waals surface area contributed by atoms with Crippen molar-refractivity contribution < 1.29 is 4.39 Å². The summed E-state index contributed by atoms with van der Waals surface area (Å²) in [6.45, 7) is 4.13. The number of halogens is 1. The summed E-state index contributed by atoms with van der Waals surface area (Å²) in [6, 6.07) is 11.5. The Hall–Kier alpha value is -1.90. The molecular weight excluding hydrogens is 215 g/mol. The minimum Gasteiger partial charge on any atom is -0.377 e. The molecule has 0 saturated heterocycles. The summed E-state index contributed by atoms with van der Waals surface area (Å²) < 4.78 is 12.7. The first kappa shape index (κ1) is 11.6. The van der Waals surface area contributed by atoms with E-state index in [9.17, 15) is 4.39 Å². The van der Waals surface area contributed by atoms with Crippen LogP contribution in [0.5, 0.6) is 0 Å². The SMILES string of the molecule is Cc1cccc(C(C)Nc2ccc(F)nc2)c1. The van der Waals surface area contributed by atoms with Gasteiger partial charge in [-0.2, -0.15) is 4.39 Å². The van der Waals surface area contributed by atoms with Gasteiger partial charge in [0.1, 0.15) is 0 Å². The summed E-state index contributed by atoms with van der Waals surface area (Å²) in [5.74, 6) is -0.459.